The second kappa shape index (κ2) is 4.57. The Balaban J connectivity index is 2.39. The van der Waals surface area contributed by atoms with Gasteiger partial charge in [-0.05, 0) is 50.4 Å². The smallest absolute Gasteiger partial charge is 0.183 e. The number of halogens is 1. The third-order valence-electron chi connectivity index (χ3n) is 3.73. The molecule has 0 saturated carbocycles. The summed E-state index contributed by atoms with van der Waals surface area (Å²) in [6.07, 6.45) is 2.61. The molecule has 92 valence electrons. The Kier molecular flexibility index (Phi) is 3.29. The quantitative estimate of drug-likeness (QED) is 0.816. The van der Waals surface area contributed by atoms with E-state index in [9.17, 15) is 9.18 Å². The molecule has 2 rings (SSSR count). The maximum Gasteiger partial charge on any atom is 0.183 e. The number of rotatable bonds is 3. The Bertz CT molecular complexity index is 436. The molecule has 17 heavy (non-hydrogen) atoms. The van der Waals surface area contributed by atoms with Crippen molar-refractivity contribution < 1.29 is 9.18 Å². The summed E-state index contributed by atoms with van der Waals surface area (Å²) >= 11 is 0. The summed E-state index contributed by atoms with van der Waals surface area (Å²) in [6.45, 7) is 4.73. The van der Waals surface area contributed by atoms with Crippen molar-refractivity contribution in [2.24, 2.45) is 0 Å². The number of nitrogens with one attached hydrogen (secondary N) is 1. The van der Waals surface area contributed by atoms with Gasteiger partial charge in [-0.1, -0.05) is 13.0 Å². The molecule has 0 radical (unpaired) electrons. The van der Waals surface area contributed by atoms with Gasteiger partial charge in [0.15, 0.2) is 5.78 Å². The van der Waals surface area contributed by atoms with Crippen LogP contribution in [-0.4, -0.2) is 17.9 Å². The van der Waals surface area contributed by atoms with Gasteiger partial charge in [0, 0.05) is 5.56 Å². The van der Waals surface area contributed by atoms with Gasteiger partial charge in [-0.25, -0.2) is 4.39 Å². The van der Waals surface area contributed by atoms with Gasteiger partial charge in [0.1, 0.15) is 5.82 Å². The van der Waals surface area contributed by atoms with E-state index in [-0.39, 0.29) is 11.6 Å². The number of hydrogen-bond acceptors (Lipinski definition) is 2. The van der Waals surface area contributed by atoms with Crippen molar-refractivity contribution in [3.8, 4) is 0 Å². The van der Waals surface area contributed by atoms with Crippen LogP contribution in [0.25, 0.3) is 0 Å². The predicted molar refractivity (Wildman–Crippen MR) is 65.7 cm³/mol. The number of benzene rings is 1. The lowest BCUT2D eigenvalue weighted by molar-refractivity contribution is 0.0862. The second-order valence-electron chi connectivity index (χ2n) is 4.75. The maximum atomic E-state index is 13.3. The first-order valence-corrected chi connectivity index (χ1v) is 6.15. The van der Waals surface area contributed by atoms with Crippen molar-refractivity contribution in [3.63, 3.8) is 0 Å². The first-order valence-electron chi connectivity index (χ1n) is 6.15. The van der Waals surface area contributed by atoms with Crippen LogP contribution in [-0.2, 0) is 0 Å². The van der Waals surface area contributed by atoms with Gasteiger partial charge in [-0.15, -0.1) is 0 Å². The highest BCUT2D eigenvalue weighted by molar-refractivity contribution is 6.04. The number of carbonyl (C=O) groups is 1. The van der Waals surface area contributed by atoms with Crippen molar-refractivity contribution in [3.05, 3.63) is 35.1 Å². The molecule has 1 aromatic carbocycles. The van der Waals surface area contributed by atoms with Crippen molar-refractivity contribution in [1.82, 2.24) is 5.32 Å². The van der Waals surface area contributed by atoms with Gasteiger partial charge in [-0.3, -0.25) is 4.79 Å². The molecule has 0 bridgehead atoms. The summed E-state index contributed by atoms with van der Waals surface area (Å²) in [5.74, 6) is -0.308. The summed E-state index contributed by atoms with van der Waals surface area (Å²) in [7, 11) is 0. The molecule has 0 aromatic heterocycles. The molecule has 0 spiro atoms. The monoisotopic (exact) mass is 235 g/mol. The van der Waals surface area contributed by atoms with Crippen LogP contribution in [0.1, 0.15) is 42.1 Å². The van der Waals surface area contributed by atoms with Crippen LogP contribution in [0.4, 0.5) is 4.39 Å². The molecule has 1 atom stereocenters. The number of ketones is 1. The third kappa shape index (κ3) is 2.12. The van der Waals surface area contributed by atoms with Crippen LogP contribution in [0.2, 0.25) is 0 Å². The van der Waals surface area contributed by atoms with Gasteiger partial charge >= 0.3 is 0 Å². The molecule has 1 unspecified atom stereocenters. The lowest BCUT2D eigenvalue weighted by Crippen LogP contribution is -2.47. The van der Waals surface area contributed by atoms with Crippen molar-refractivity contribution >= 4 is 5.78 Å². The molecular weight excluding hydrogens is 217 g/mol. The number of aryl methyl sites for hydroxylation is 1. The number of carbonyl (C=O) groups excluding carboxylic acids is 1. The Morgan fingerprint density at radius 1 is 1.53 bits per heavy atom. The van der Waals surface area contributed by atoms with Crippen LogP contribution in [0.5, 0.6) is 0 Å². The minimum atomic E-state index is -0.474. The molecular formula is C14H18FNO. The molecule has 1 saturated heterocycles. The van der Waals surface area contributed by atoms with Gasteiger partial charge in [0.25, 0.3) is 0 Å². The topological polar surface area (TPSA) is 29.1 Å². The molecule has 1 fully saturated rings. The second-order valence-corrected chi connectivity index (χ2v) is 4.75. The average molecular weight is 235 g/mol. The highest BCUT2D eigenvalue weighted by Gasteiger charge is 2.39. The van der Waals surface area contributed by atoms with E-state index in [0.717, 1.165) is 31.4 Å². The summed E-state index contributed by atoms with van der Waals surface area (Å²) in [5.41, 5.74) is 0.887. The van der Waals surface area contributed by atoms with E-state index in [0.29, 0.717) is 5.56 Å². The van der Waals surface area contributed by atoms with Gasteiger partial charge in [0.05, 0.1) is 5.54 Å². The van der Waals surface area contributed by atoms with Crippen molar-refractivity contribution in [2.45, 2.75) is 38.6 Å². The zero-order chi connectivity index (χ0) is 12.5. The number of Topliss-reactive ketones (excluding diaryl/α,β-unsaturated/α-hetero) is 1. The van der Waals surface area contributed by atoms with E-state index in [4.69, 9.17) is 0 Å². The summed E-state index contributed by atoms with van der Waals surface area (Å²) < 4.78 is 13.3. The Labute approximate surface area is 101 Å². The van der Waals surface area contributed by atoms with E-state index in [1.54, 1.807) is 6.07 Å². The van der Waals surface area contributed by atoms with Crippen molar-refractivity contribution in [2.75, 3.05) is 6.54 Å². The standard InChI is InChI=1S/C14H18FNO/c1-3-14(7-4-8-16-14)13(17)12-9-11(15)6-5-10(12)2/h5-6,9,16H,3-4,7-8H2,1-2H3. The fourth-order valence-corrected chi connectivity index (χ4v) is 2.56. The van der Waals surface area contributed by atoms with E-state index in [1.165, 1.54) is 12.1 Å². The van der Waals surface area contributed by atoms with Crippen LogP contribution < -0.4 is 5.32 Å². The van der Waals surface area contributed by atoms with Crippen molar-refractivity contribution in [1.29, 1.82) is 0 Å². The first kappa shape index (κ1) is 12.2. The zero-order valence-electron chi connectivity index (χ0n) is 10.3. The largest absolute Gasteiger partial charge is 0.305 e. The maximum absolute atomic E-state index is 13.3. The average Bonchev–Trinajstić information content (AvgIpc) is 2.81. The summed E-state index contributed by atoms with van der Waals surface area (Å²) in [5, 5.41) is 3.29. The Morgan fingerprint density at radius 2 is 2.29 bits per heavy atom. The molecule has 1 aromatic rings. The molecule has 0 aliphatic carbocycles. The summed E-state index contributed by atoms with van der Waals surface area (Å²) in [4.78, 5) is 12.5. The van der Waals surface area contributed by atoms with Crippen LogP contribution in [0.15, 0.2) is 18.2 Å². The molecule has 2 nitrogen and oxygen atoms in total. The van der Waals surface area contributed by atoms with E-state index in [1.807, 2.05) is 13.8 Å². The minimum Gasteiger partial charge on any atom is -0.305 e. The third-order valence-corrected chi connectivity index (χ3v) is 3.73. The van der Waals surface area contributed by atoms with E-state index in [2.05, 4.69) is 5.32 Å². The Morgan fingerprint density at radius 3 is 2.88 bits per heavy atom. The lowest BCUT2D eigenvalue weighted by atomic mass is 9.84. The number of hydrogen-bond donors (Lipinski definition) is 1. The van der Waals surface area contributed by atoms with E-state index >= 15 is 0 Å². The molecule has 1 aliphatic heterocycles. The molecule has 1 N–H and O–H groups in total. The fraction of sp³-hybridized carbons (Fsp3) is 0.500. The lowest BCUT2D eigenvalue weighted by Gasteiger charge is -2.27. The first-order chi connectivity index (χ1) is 8.09. The predicted octanol–water partition coefficient (Wildman–Crippen LogP) is 2.85. The molecule has 1 aliphatic rings. The highest BCUT2D eigenvalue weighted by Crippen LogP contribution is 2.28. The molecule has 1 heterocycles. The zero-order valence-corrected chi connectivity index (χ0v) is 10.3. The van der Waals surface area contributed by atoms with Crippen LogP contribution in [0, 0.1) is 12.7 Å². The molecule has 3 heteroatoms. The fourth-order valence-electron chi connectivity index (χ4n) is 2.56. The van der Waals surface area contributed by atoms with Gasteiger partial charge < -0.3 is 5.32 Å². The minimum absolute atomic E-state index is 0.0366. The SMILES string of the molecule is CCC1(C(=O)c2cc(F)ccc2C)CCCN1. The Hall–Kier alpha value is -1.22. The van der Waals surface area contributed by atoms with Gasteiger partial charge in [0.2, 0.25) is 0 Å². The normalized spacial score (nSPS) is 23.9. The van der Waals surface area contributed by atoms with Crippen LogP contribution >= 0.6 is 0 Å². The van der Waals surface area contributed by atoms with E-state index < -0.39 is 5.54 Å². The summed E-state index contributed by atoms with van der Waals surface area (Å²) in [6, 6.07) is 4.42. The highest BCUT2D eigenvalue weighted by atomic mass is 19.1. The molecule has 0 amide bonds. The van der Waals surface area contributed by atoms with Crippen LogP contribution in [0.3, 0.4) is 0 Å². The van der Waals surface area contributed by atoms with Gasteiger partial charge in [-0.2, -0.15) is 0 Å².